The molecule has 2 heterocycles. The summed E-state index contributed by atoms with van der Waals surface area (Å²) in [6.45, 7) is 3.56. The molecular formula is C22H22N2O3. The van der Waals surface area contributed by atoms with E-state index < -0.39 is 0 Å². The second kappa shape index (κ2) is 6.91. The molecule has 0 bridgehead atoms. The maximum atomic E-state index is 13.0. The van der Waals surface area contributed by atoms with Crippen LogP contribution in [0.2, 0.25) is 0 Å². The molecule has 0 aliphatic carbocycles. The summed E-state index contributed by atoms with van der Waals surface area (Å²) in [6, 6.07) is 15.6. The van der Waals surface area contributed by atoms with Crippen molar-refractivity contribution in [2.75, 3.05) is 20.2 Å². The van der Waals surface area contributed by atoms with Gasteiger partial charge in [0.2, 0.25) is 0 Å². The Morgan fingerprint density at radius 2 is 1.67 bits per heavy atom. The molecule has 0 atom stereocenters. The summed E-state index contributed by atoms with van der Waals surface area (Å²) in [5, 5.41) is 0. The van der Waals surface area contributed by atoms with Crippen LogP contribution in [0.4, 0.5) is 0 Å². The van der Waals surface area contributed by atoms with Gasteiger partial charge in [0, 0.05) is 19.6 Å². The molecular weight excluding hydrogens is 340 g/mol. The lowest BCUT2D eigenvalue weighted by atomic mass is 9.98. The molecule has 138 valence electrons. The molecule has 5 nitrogen and oxygen atoms in total. The molecule has 5 heteroatoms. The SMILES string of the molecule is CCN1C(=O)C(c2ccc(OC)cc2)=C(N2CCc3ccccc3C2)C1=O. The van der Waals surface area contributed by atoms with E-state index in [0.29, 0.717) is 24.4 Å². The van der Waals surface area contributed by atoms with Gasteiger partial charge in [-0.25, -0.2) is 0 Å². The highest BCUT2D eigenvalue weighted by atomic mass is 16.5. The van der Waals surface area contributed by atoms with Gasteiger partial charge in [-0.15, -0.1) is 0 Å². The van der Waals surface area contributed by atoms with Crippen molar-refractivity contribution in [1.82, 2.24) is 9.80 Å². The van der Waals surface area contributed by atoms with Gasteiger partial charge in [-0.05, 0) is 42.2 Å². The normalized spacial score (nSPS) is 16.8. The summed E-state index contributed by atoms with van der Waals surface area (Å²) < 4.78 is 5.22. The molecule has 0 fully saturated rings. The average molecular weight is 362 g/mol. The number of amides is 2. The van der Waals surface area contributed by atoms with Crippen molar-refractivity contribution in [3.05, 3.63) is 70.9 Å². The fourth-order valence-electron chi connectivity index (χ4n) is 3.85. The number of benzene rings is 2. The number of methoxy groups -OCH3 is 1. The van der Waals surface area contributed by atoms with Gasteiger partial charge >= 0.3 is 0 Å². The van der Waals surface area contributed by atoms with Gasteiger partial charge in [0.1, 0.15) is 11.4 Å². The first-order chi connectivity index (χ1) is 13.1. The van der Waals surface area contributed by atoms with Crippen LogP contribution in [-0.2, 0) is 22.6 Å². The maximum Gasteiger partial charge on any atom is 0.277 e. The van der Waals surface area contributed by atoms with E-state index in [0.717, 1.165) is 24.3 Å². The Labute approximate surface area is 158 Å². The molecule has 0 unspecified atom stereocenters. The summed E-state index contributed by atoms with van der Waals surface area (Å²) in [6.07, 6.45) is 0.864. The minimum Gasteiger partial charge on any atom is -0.497 e. The fourth-order valence-corrected chi connectivity index (χ4v) is 3.85. The standard InChI is InChI=1S/C22H22N2O3/c1-3-24-21(25)19(16-8-10-18(27-2)11-9-16)20(22(24)26)23-13-12-15-6-4-5-7-17(15)14-23/h4-11H,3,12-14H2,1-2H3. The highest BCUT2D eigenvalue weighted by molar-refractivity contribution is 6.35. The molecule has 2 aliphatic heterocycles. The first kappa shape index (κ1) is 17.3. The van der Waals surface area contributed by atoms with E-state index in [1.807, 2.05) is 43.3 Å². The lowest BCUT2D eigenvalue weighted by Gasteiger charge is -2.31. The van der Waals surface area contributed by atoms with Crippen molar-refractivity contribution < 1.29 is 14.3 Å². The number of carbonyl (C=O) groups is 2. The number of imide groups is 1. The Morgan fingerprint density at radius 1 is 0.963 bits per heavy atom. The monoisotopic (exact) mass is 362 g/mol. The summed E-state index contributed by atoms with van der Waals surface area (Å²) in [7, 11) is 1.61. The first-order valence-corrected chi connectivity index (χ1v) is 9.20. The predicted molar refractivity (Wildman–Crippen MR) is 103 cm³/mol. The van der Waals surface area contributed by atoms with Crippen LogP contribution in [-0.4, -0.2) is 41.8 Å². The summed E-state index contributed by atoms with van der Waals surface area (Å²) in [5.41, 5.74) is 4.27. The lowest BCUT2D eigenvalue weighted by Crippen LogP contribution is -2.37. The van der Waals surface area contributed by atoms with Crippen LogP contribution in [0.1, 0.15) is 23.6 Å². The largest absolute Gasteiger partial charge is 0.497 e. The Bertz CT molecular complexity index is 931. The number of ether oxygens (including phenoxy) is 1. The molecule has 0 aromatic heterocycles. The van der Waals surface area contributed by atoms with Crippen LogP contribution in [0, 0.1) is 0 Å². The number of hydrogen-bond donors (Lipinski definition) is 0. The van der Waals surface area contributed by atoms with Crippen LogP contribution in [0.5, 0.6) is 5.75 Å². The number of hydrogen-bond acceptors (Lipinski definition) is 4. The number of carbonyl (C=O) groups excluding carboxylic acids is 2. The molecule has 2 amide bonds. The highest BCUT2D eigenvalue weighted by Crippen LogP contribution is 2.34. The van der Waals surface area contributed by atoms with Crippen LogP contribution in [0.3, 0.4) is 0 Å². The number of rotatable bonds is 4. The highest BCUT2D eigenvalue weighted by Gasteiger charge is 2.41. The Morgan fingerprint density at radius 3 is 2.33 bits per heavy atom. The number of nitrogens with zero attached hydrogens (tertiary/aromatic N) is 2. The molecule has 0 saturated carbocycles. The van der Waals surface area contributed by atoms with E-state index in [-0.39, 0.29) is 11.8 Å². The van der Waals surface area contributed by atoms with E-state index in [4.69, 9.17) is 4.74 Å². The molecule has 2 aromatic carbocycles. The van der Waals surface area contributed by atoms with E-state index in [9.17, 15) is 9.59 Å². The number of likely N-dealkylation sites (N-methyl/N-ethyl adjacent to an activating group) is 1. The summed E-state index contributed by atoms with van der Waals surface area (Å²) in [4.78, 5) is 29.4. The Hall–Kier alpha value is -3.08. The van der Waals surface area contributed by atoms with Crippen molar-refractivity contribution >= 4 is 17.4 Å². The zero-order chi connectivity index (χ0) is 19.0. The van der Waals surface area contributed by atoms with E-state index in [2.05, 4.69) is 17.0 Å². The summed E-state index contributed by atoms with van der Waals surface area (Å²) in [5.74, 6) is 0.297. The molecule has 4 rings (SSSR count). The van der Waals surface area contributed by atoms with Gasteiger partial charge in [0.05, 0.1) is 12.7 Å². The molecule has 27 heavy (non-hydrogen) atoms. The van der Waals surface area contributed by atoms with Crippen LogP contribution in [0.25, 0.3) is 5.57 Å². The maximum absolute atomic E-state index is 13.0. The van der Waals surface area contributed by atoms with Gasteiger partial charge in [-0.3, -0.25) is 14.5 Å². The zero-order valence-corrected chi connectivity index (χ0v) is 15.6. The molecule has 0 saturated heterocycles. The third-order valence-electron chi connectivity index (χ3n) is 5.29. The number of fused-ring (bicyclic) bond motifs is 1. The van der Waals surface area contributed by atoms with E-state index in [1.165, 1.54) is 16.0 Å². The zero-order valence-electron chi connectivity index (χ0n) is 15.6. The molecule has 2 aliphatic rings. The molecule has 0 N–H and O–H groups in total. The second-order valence-electron chi connectivity index (χ2n) is 6.75. The van der Waals surface area contributed by atoms with Crippen LogP contribution >= 0.6 is 0 Å². The second-order valence-corrected chi connectivity index (χ2v) is 6.75. The van der Waals surface area contributed by atoms with Crippen LogP contribution < -0.4 is 4.74 Å². The van der Waals surface area contributed by atoms with Gasteiger partial charge in [-0.1, -0.05) is 36.4 Å². The first-order valence-electron chi connectivity index (χ1n) is 9.20. The van der Waals surface area contributed by atoms with Gasteiger partial charge in [0.15, 0.2) is 0 Å². The topological polar surface area (TPSA) is 49.9 Å². The molecule has 2 aromatic rings. The van der Waals surface area contributed by atoms with Gasteiger partial charge in [-0.2, -0.15) is 0 Å². The average Bonchev–Trinajstić information content (AvgIpc) is 2.97. The Balaban J connectivity index is 1.78. The van der Waals surface area contributed by atoms with Crippen molar-refractivity contribution in [3.8, 4) is 5.75 Å². The van der Waals surface area contributed by atoms with Crippen LogP contribution in [0.15, 0.2) is 54.2 Å². The van der Waals surface area contributed by atoms with Crippen molar-refractivity contribution in [2.45, 2.75) is 19.9 Å². The third-order valence-corrected chi connectivity index (χ3v) is 5.29. The summed E-state index contributed by atoms with van der Waals surface area (Å²) >= 11 is 0. The minimum atomic E-state index is -0.221. The Kier molecular flexibility index (Phi) is 4.44. The van der Waals surface area contributed by atoms with Gasteiger partial charge in [0.25, 0.3) is 11.8 Å². The molecule has 0 spiro atoms. The lowest BCUT2D eigenvalue weighted by molar-refractivity contribution is -0.137. The third kappa shape index (κ3) is 2.89. The van der Waals surface area contributed by atoms with Gasteiger partial charge < -0.3 is 9.64 Å². The quantitative estimate of drug-likeness (QED) is 0.785. The minimum absolute atomic E-state index is 0.201. The fraction of sp³-hybridized carbons (Fsp3) is 0.273. The van der Waals surface area contributed by atoms with Crippen molar-refractivity contribution in [2.24, 2.45) is 0 Å². The smallest absolute Gasteiger partial charge is 0.277 e. The van der Waals surface area contributed by atoms with E-state index >= 15 is 0 Å². The van der Waals surface area contributed by atoms with Crippen molar-refractivity contribution in [1.29, 1.82) is 0 Å². The molecule has 0 radical (unpaired) electrons. The predicted octanol–water partition coefficient (Wildman–Crippen LogP) is 2.85. The van der Waals surface area contributed by atoms with E-state index in [1.54, 1.807) is 7.11 Å². The van der Waals surface area contributed by atoms with Crippen molar-refractivity contribution in [3.63, 3.8) is 0 Å².